The second-order valence-corrected chi connectivity index (χ2v) is 5.69. The van der Waals surface area contributed by atoms with Gasteiger partial charge in [-0.2, -0.15) is 0 Å². The number of carbonyl (C=O) groups excluding carboxylic acids is 1. The van der Waals surface area contributed by atoms with Gasteiger partial charge in [-0.1, -0.05) is 12.2 Å². The summed E-state index contributed by atoms with van der Waals surface area (Å²) in [4.78, 5) is 23.7. The number of carboxylic acid groups (broad SMARTS) is 1. The summed E-state index contributed by atoms with van der Waals surface area (Å²) in [5, 5.41) is 12.2. The normalized spacial score (nSPS) is 40.0. The average molecular weight is 281 g/mol. The van der Waals surface area contributed by atoms with Gasteiger partial charge < -0.3 is 19.9 Å². The monoisotopic (exact) mass is 281 g/mol. The molecule has 1 amide bonds. The van der Waals surface area contributed by atoms with E-state index in [1.807, 2.05) is 6.92 Å². The van der Waals surface area contributed by atoms with Crippen LogP contribution in [0.15, 0.2) is 12.2 Å². The van der Waals surface area contributed by atoms with Gasteiger partial charge in [-0.25, -0.2) is 0 Å². The van der Waals surface area contributed by atoms with Gasteiger partial charge in [-0.15, -0.1) is 0 Å². The lowest BCUT2D eigenvalue weighted by molar-refractivity contribution is -0.147. The van der Waals surface area contributed by atoms with Crippen LogP contribution in [0, 0.1) is 11.8 Å². The lowest BCUT2D eigenvalue weighted by atomic mass is 9.82. The molecule has 3 rings (SSSR count). The Morgan fingerprint density at radius 2 is 2.00 bits per heavy atom. The Morgan fingerprint density at radius 3 is 2.60 bits per heavy atom. The predicted molar refractivity (Wildman–Crippen MR) is 69.0 cm³/mol. The summed E-state index contributed by atoms with van der Waals surface area (Å²) in [6.45, 7) is 2.62. The summed E-state index contributed by atoms with van der Waals surface area (Å²) in [6.07, 6.45) is 4.57. The van der Waals surface area contributed by atoms with Crippen LogP contribution < -0.4 is 5.32 Å². The van der Waals surface area contributed by atoms with Crippen LogP contribution in [0.5, 0.6) is 0 Å². The molecule has 0 radical (unpaired) electrons. The van der Waals surface area contributed by atoms with Crippen molar-refractivity contribution in [2.24, 2.45) is 11.8 Å². The number of hydrogen-bond acceptors (Lipinski definition) is 4. The molecule has 0 aromatic carbocycles. The third-order valence-corrected chi connectivity index (χ3v) is 4.38. The Hall–Kier alpha value is -1.40. The second kappa shape index (κ2) is 5.18. The van der Waals surface area contributed by atoms with Crippen molar-refractivity contribution in [1.29, 1.82) is 0 Å². The minimum absolute atomic E-state index is 0.0253. The zero-order chi connectivity index (χ0) is 14.3. The van der Waals surface area contributed by atoms with Crippen molar-refractivity contribution in [3.05, 3.63) is 12.2 Å². The highest BCUT2D eigenvalue weighted by Gasteiger charge is 2.53. The summed E-state index contributed by atoms with van der Waals surface area (Å²) in [5.41, 5.74) is 0. The van der Waals surface area contributed by atoms with E-state index in [1.165, 1.54) is 0 Å². The maximum Gasteiger partial charge on any atom is 0.310 e. The molecule has 0 aliphatic carbocycles. The van der Waals surface area contributed by atoms with Crippen LogP contribution in [-0.4, -0.2) is 47.9 Å². The summed E-state index contributed by atoms with van der Waals surface area (Å²) < 4.78 is 11.0. The Bertz CT molecular complexity index is 443. The zero-order valence-corrected chi connectivity index (χ0v) is 11.3. The third-order valence-electron chi connectivity index (χ3n) is 4.38. The smallest absolute Gasteiger partial charge is 0.310 e. The first kappa shape index (κ1) is 13.6. The highest BCUT2D eigenvalue weighted by molar-refractivity contribution is 5.87. The molecule has 0 spiro atoms. The Kier molecular flexibility index (Phi) is 3.52. The van der Waals surface area contributed by atoms with Crippen LogP contribution in [0.4, 0.5) is 0 Å². The molecule has 0 aromatic rings. The molecule has 3 heterocycles. The van der Waals surface area contributed by atoms with E-state index in [0.29, 0.717) is 0 Å². The fourth-order valence-corrected chi connectivity index (χ4v) is 3.33. The Labute approximate surface area is 117 Å². The van der Waals surface area contributed by atoms with Gasteiger partial charge in [0.05, 0.1) is 30.3 Å². The van der Waals surface area contributed by atoms with E-state index in [2.05, 4.69) is 5.32 Å². The molecule has 20 heavy (non-hydrogen) atoms. The Balaban J connectivity index is 1.67. The van der Waals surface area contributed by atoms with Crippen molar-refractivity contribution in [2.75, 3.05) is 6.61 Å². The summed E-state index contributed by atoms with van der Waals surface area (Å²) in [7, 11) is 0. The molecule has 2 fully saturated rings. The van der Waals surface area contributed by atoms with Gasteiger partial charge in [-0.05, 0) is 19.8 Å². The summed E-state index contributed by atoms with van der Waals surface area (Å²) >= 11 is 0. The molecular formula is C14H19NO5. The first-order valence-electron chi connectivity index (χ1n) is 7.06. The number of ether oxygens (including phenoxy) is 2. The van der Waals surface area contributed by atoms with E-state index in [4.69, 9.17) is 9.47 Å². The number of hydrogen-bond donors (Lipinski definition) is 2. The average Bonchev–Trinajstić information content (AvgIpc) is 3.13. The number of amides is 1. The van der Waals surface area contributed by atoms with E-state index < -0.39 is 30.0 Å². The fourth-order valence-electron chi connectivity index (χ4n) is 3.33. The van der Waals surface area contributed by atoms with Crippen molar-refractivity contribution in [2.45, 2.75) is 44.1 Å². The second-order valence-electron chi connectivity index (χ2n) is 5.69. The molecule has 6 atom stereocenters. The lowest BCUT2D eigenvalue weighted by Gasteiger charge is -2.25. The van der Waals surface area contributed by atoms with Crippen molar-refractivity contribution in [3.63, 3.8) is 0 Å². The predicted octanol–water partition coefficient (Wildman–Crippen LogP) is 0.324. The van der Waals surface area contributed by atoms with Crippen molar-refractivity contribution in [3.8, 4) is 0 Å². The molecule has 0 unspecified atom stereocenters. The minimum atomic E-state index is -0.980. The topological polar surface area (TPSA) is 84.9 Å². The molecule has 6 heteroatoms. The van der Waals surface area contributed by atoms with Crippen molar-refractivity contribution >= 4 is 11.9 Å². The molecule has 3 aliphatic rings. The van der Waals surface area contributed by atoms with Crippen LogP contribution in [0.3, 0.4) is 0 Å². The van der Waals surface area contributed by atoms with Gasteiger partial charge in [-0.3, -0.25) is 9.59 Å². The standard InChI is InChI=1S/C14H19NO5/c1-7(8-3-2-6-19-8)15-13(16)11-9-4-5-10(20-9)12(11)14(17)18/h4-5,7-12H,2-3,6H2,1H3,(H,15,16)(H,17,18)/t7-,8+,9+,10+,11+,12-/m0/s1. The summed E-state index contributed by atoms with van der Waals surface area (Å²) in [6, 6.07) is -0.109. The molecule has 0 saturated carbocycles. The minimum Gasteiger partial charge on any atom is -0.481 e. The molecule has 6 nitrogen and oxygen atoms in total. The lowest BCUT2D eigenvalue weighted by Crippen LogP contribution is -2.48. The number of aliphatic carboxylic acids is 1. The molecule has 2 bridgehead atoms. The number of fused-ring (bicyclic) bond motifs is 2. The van der Waals surface area contributed by atoms with E-state index in [-0.39, 0.29) is 18.1 Å². The molecule has 3 aliphatic heterocycles. The molecule has 2 saturated heterocycles. The van der Waals surface area contributed by atoms with Gasteiger partial charge in [0.1, 0.15) is 5.92 Å². The Morgan fingerprint density at radius 1 is 1.30 bits per heavy atom. The van der Waals surface area contributed by atoms with E-state index >= 15 is 0 Å². The van der Waals surface area contributed by atoms with Gasteiger partial charge in [0, 0.05) is 6.61 Å². The SMILES string of the molecule is C[C@H](NC(=O)[C@H]1[C@@H](C(=O)O)[C@H]2C=C[C@H]1O2)[C@H]1CCCO1. The summed E-state index contributed by atoms with van der Waals surface area (Å²) in [5.74, 6) is -2.67. The number of rotatable bonds is 4. The van der Waals surface area contributed by atoms with Crippen LogP contribution >= 0.6 is 0 Å². The third kappa shape index (κ3) is 2.23. The number of carbonyl (C=O) groups is 2. The maximum atomic E-state index is 12.4. The van der Waals surface area contributed by atoms with E-state index in [1.54, 1.807) is 12.2 Å². The highest BCUT2D eigenvalue weighted by atomic mass is 16.5. The van der Waals surface area contributed by atoms with Crippen molar-refractivity contribution < 1.29 is 24.2 Å². The highest BCUT2D eigenvalue weighted by Crippen LogP contribution is 2.39. The van der Waals surface area contributed by atoms with Gasteiger partial charge in [0.2, 0.25) is 5.91 Å². The first-order valence-corrected chi connectivity index (χ1v) is 7.06. The maximum absolute atomic E-state index is 12.4. The zero-order valence-electron chi connectivity index (χ0n) is 11.3. The molecule has 0 aromatic heterocycles. The quantitative estimate of drug-likeness (QED) is 0.725. The number of nitrogens with one attached hydrogen (secondary N) is 1. The van der Waals surface area contributed by atoms with Crippen LogP contribution in [-0.2, 0) is 19.1 Å². The van der Waals surface area contributed by atoms with Gasteiger partial charge >= 0.3 is 5.97 Å². The van der Waals surface area contributed by atoms with E-state index in [9.17, 15) is 14.7 Å². The first-order chi connectivity index (χ1) is 9.58. The molecular weight excluding hydrogens is 262 g/mol. The van der Waals surface area contributed by atoms with Crippen LogP contribution in [0.1, 0.15) is 19.8 Å². The number of carboxylic acids is 1. The van der Waals surface area contributed by atoms with Crippen LogP contribution in [0.25, 0.3) is 0 Å². The van der Waals surface area contributed by atoms with Crippen LogP contribution in [0.2, 0.25) is 0 Å². The molecule has 110 valence electrons. The fraction of sp³-hybridized carbons (Fsp3) is 0.714. The molecule has 2 N–H and O–H groups in total. The van der Waals surface area contributed by atoms with Gasteiger partial charge in [0.15, 0.2) is 0 Å². The van der Waals surface area contributed by atoms with Gasteiger partial charge in [0.25, 0.3) is 0 Å². The largest absolute Gasteiger partial charge is 0.481 e. The van der Waals surface area contributed by atoms with Crippen molar-refractivity contribution in [1.82, 2.24) is 5.32 Å². The van der Waals surface area contributed by atoms with E-state index in [0.717, 1.165) is 19.4 Å².